The highest BCUT2D eigenvalue weighted by Gasteiger charge is 2.24. The molecule has 8 nitrogen and oxygen atoms in total. The minimum Gasteiger partial charge on any atom is -0.359 e. The summed E-state index contributed by atoms with van der Waals surface area (Å²) >= 11 is 0. The van der Waals surface area contributed by atoms with Crippen LogP contribution in [0.3, 0.4) is 0 Å². The van der Waals surface area contributed by atoms with Gasteiger partial charge in [-0.1, -0.05) is 18.1 Å². The molecule has 132 valence electrons. The molecule has 3 rings (SSSR count). The Morgan fingerprint density at radius 2 is 2.12 bits per heavy atom. The molecule has 3 aromatic heterocycles. The van der Waals surface area contributed by atoms with Gasteiger partial charge < -0.3 is 4.52 Å². The molecule has 0 aliphatic heterocycles. The van der Waals surface area contributed by atoms with E-state index in [2.05, 4.69) is 15.2 Å². The van der Waals surface area contributed by atoms with Crippen LogP contribution in [0.4, 0.5) is 0 Å². The van der Waals surface area contributed by atoms with E-state index >= 15 is 0 Å². The fourth-order valence-corrected chi connectivity index (χ4v) is 3.43. The molecular formula is C16H19N5O3S. The molecule has 0 fully saturated rings. The number of sulfonamides is 1. The molecule has 0 aliphatic carbocycles. The van der Waals surface area contributed by atoms with Crippen molar-refractivity contribution in [1.82, 2.24) is 24.2 Å². The molecule has 0 atom stereocenters. The van der Waals surface area contributed by atoms with Crippen molar-refractivity contribution < 1.29 is 12.9 Å². The van der Waals surface area contributed by atoms with Crippen molar-refractivity contribution in [2.45, 2.75) is 31.3 Å². The fourth-order valence-electron chi connectivity index (χ4n) is 2.34. The Labute approximate surface area is 146 Å². The Bertz CT molecular complexity index is 934. The third-order valence-corrected chi connectivity index (χ3v) is 5.39. The summed E-state index contributed by atoms with van der Waals surface area (Å²) in [6, 6.07) is 7.16. The van der Waals surface area contributed by atoms with Gasteiger partial charge in [0.1, 0.15) is 10.6 Å². The van der Waals surface area contributed by atoms with Crippen molar-refractivity contribution >= 4 is 10.0 Å². The first-order valence-electron chi connectivity index (χ1n) is 7.86. The van der Waals surface area contributed by atoms with E-state index < -0.39 is 10.0 Å². The maximum Gasteiger partial charge on any atom is 0.246 e. The highest BCUT2D eigenvalue weighted by Crippen LogP contribution is 2.20. The number of aromatic nitrogens is 4. The van der Waals surface area contributed by atoms with Gasteiger partial charge in [-0.2, -0.15) is 9.40 Å². The van der Waals surface area contributed by atoms with E-state index in [0.717, 1.165) is 6.42 Å². The first-order chi connectivity index (χ1) is 12.0. The van der Waals surface area contributed by atoms with Crippen LogP contribution in [0.1, 0.15) is 19.1 Å². The molecule has 0 radical (unpaired) electrons. The van der Waals surface area contributed by atoms with Gasteiger partial charge in [-0.05, 0) is 18.6 Å². The Balaban J connectivity index is 1.75. The lowest BCUT2D eigenvalue weighted by Crippen LogP contribution is -2.26. The van der Waals surface area contributed by atoms with E-state index in [0.29, 0.717) is 23.7 Å². The van der Waals surface area contributed by atoms with E-state index in [1.54, 1.807) is 16.9 Å². The van der Waals surface area contributed by atoms with Crippen molar-refractivity contribution in [3.05, 3.63) is 48.6 Å². The van der Waals surface area contributed by atoms with Crippen molar-refractivity contribution in [3.8, 4) is 11.4 Å². The molecule has 0 aromatic carbocycles. The monoisotopic (exact) mass is 361 g/mol. The number of hydrogen-bond donors (Lipinski definition) is 0. The van der Waals surface area contributed by atoms with Crippen LogP contribution in [0.15, 0.2) is 52.3 Å². The van der Waals surface area contributed by atoms with Gasteiger partial charge in [0.2, 0.25) is 10.0 Å². The third kappa shape index (κ3) is 3.77. The van der Waals surface area contributed by atoms with Gasteiger partial charge in [0, 0.05) is 32.1 Å². The van der Waals surface area contributed by atoms with Gasteiger partial charge in [0.25, 0.3) is 0 Å². The molecule has 3 aromatic rings. The van der Waals surface area contributed by atoms with Crippen molar-refractivity contribution in [1.29, 1.82) is 0 Å². The summed E-state index contributed by atoms with van der Waals surface area (Å²) in [6.07, 6.45) is 5.44. The van der Waals surface area contributed by atoms with Crippen LogP contribution in [0.25, 0.3) is 11.4 Å². The van der Waals surface area contributed by atoms with E-state index in [9.17, 15) is 8.42 Å². The van der Waals surface area contributed by atoms with Crippen LogP contribution in [0.2, 0.25) is 0 Å². The lowest BCUT2D eigenvalue weighted by atomic mass is 10.2. The molecule has 3 heterocycles. The maximum atomic E-state index is 12.6. The van der Waals surface area contributed by atoms with Crippen molar-refractivity contribution in [2.75, 3.05) is 7.05 Å². The summed E-state index contributed by atoms with van der Waals surface area (Å²) in [5.74, 6) is 0.438. The summed E-state index contributed by atoms with van der Waals surface area (Å²) in [5.41, 5.74) is 1.24. The molecule has 0 amide bonds. The maximum absolute atomic E-state index is 12.6. The second kappa shape index (κ2) is 7.16. The van der Waals surface area contributed by atoms with Gasteiger partial charge in [-0.3, -0.25) is 9.67 Å². The van der Waals surface area contributed by atoms with E-state index in [-0.39, 0.29) is 11.4 Å². The van der Waals surface area contributed by atoms with Gasteiger partial charge in [-0.25, -0.2) is 8.42 Å². The molecule has 0 bridgehead atoms. The zero-order chi connectivity index (χ0) is 17.9. The summed E-state index contributed by atoms with van der Waals surface area (Å²) in [4.78, 5) is 4.35. The minimum absolute atomic E-state index is 0.0706. The lowest BCUT2D eigenvalue weighted by molar-refractivity contribution is 0.344. The van der Waals surface area contributed by atoms with Crippen molar-refractivity contribution in [3.63, 3.8) is 0 Å². The van der Waals surface area contributed by atoms with Gasteiger partial charge in [0.15, 0.2) is 5.76 Å². The Morgan fingerprint density at radius 1 is 1.28 bits per heavy atom. The van der Waals surface area contributed by atoms with Crippen LogP contribution in [-0.2, 0) is 23.1 Å². The largest absolute Gasteiger partial charge is 0.359 e. The first kappa shape index (κ1) is 17.3. The summed E-state index contributed by atoms with van der Waals surface area (Å²) in [6.45, 7) is 2.75. The molecular weight excluding hydrogens is 342 g/mol. The number of hydrogen-bond acceptors (Lipinski definition) is 6. The average molecular weight is 361 g/mol. The molecule has 0 saturated carbocycles. The average Bonchev–Trinajstić information content (AvgIpc) is 3.26. The molecule has 0 spiro atoms. The molecule has 0 N–H and O–H groups in total. The fraction of sp³-hybridized carbons (Fsp3) is 0.312. The standard InChI is InChI=1S/C16H19N5O3S/c1-3-8-21-12-14(10-18-21)25(22,23)20(2)11-13-9-16(19-24-13)15-6-4-5-7-17-15/h4-7,9-10,12H,3,8,11H2,1-2H3. The highest BCUT2D eigenvalue weighted by atomic mass is 32.2. The lowest BCUT2D eigenvalue weighted by Gasteiger charge is -2.13. The number of pyridine rings is 1. The summed E-state index contributed by atoms with van der Waals surface area (Å²) in [5, 5.41) is 8.02. The Kier molecular flexibility index (Phi) is 4.95. The smallest absolute Gasteiger partial charge is 0.246 e. The van der Waals surface area contributed by atoms with Gasteiger partial charge in [-0.15, -0.1) is 0 Å². The van der Waals surface area contributed by atoms with Crippen molar-refractivity contribution in [2.24, 2.45) is 0 Å². The predicted octanol–water partition coefficient (Wildman–Crippen LogP) is 2.16. The van der Waals surface area contributed by atoms with Crippen LogP contribution in [-0.4, -0.2) is 39.7 Å². The molecule has 0 saturated heterocycles. The number of aryl methyl sites for hydroxylation is 1. The van der Waals surface area contributed by atoms with E-state index in [1.165, 1.54) is 23.7 Å². The van der Waals surface area contributed by atoms with E-state index in [1.807, 2.05) is 25.1 Å². The molecule has 9 heteroatoms. The Hall–Kier alpha value is -2.52. The molecule has 25 heavy (non-hydrogen) atoms. The number of rotatable bonds is 7. The quantitative estimate of drug-likeness (QED) is 0.640. The molecule has 0 aliphatic rings. The zero-order valence-corrected chi connectivity index (χ0v) is 14.8. The van der Waals surface area contributed by atoms with Gasteiger partial charge >= 0.3 is 0 Å². The van der Waals surface area contributed by atoms with Crippen LogP contribution in [0.5, 0.6) is 0 Å². The van der Waals surface area contributed by atoms with Crippen LogP contribution >= 0.6 is 0 Å². The SMILES string of the molecule is CCCn1cc(S(=O)(=O)N(C)Cc2cc(-c3ccccn3)no2)cn1. The number of nitrogens with zero attached hydrogens (tertiary/aromatic N) is 5. The summed E-state index contributed by atoms with van der Waals surface area (Å²) in [7, 11) is -2.15. The second-order valence-corrected chi connectivity index (χ2v) is 7.64. The van der Waals surface area contributed by atoms with E-state index in [4.69, 9.17) is 4.52 Å². The normalized spacial score (nSPS) is 12.0. The second-order valence-electron chi connectivity index (χ2n) is 5.59. The summed E-state index contributed by atoms with van der Waals surface area (Å²) < 4.78 is 33.3. The van der Waals surface area contributed by atoms with Crippen LogP contribution in [0, 0.1) is 0 Å². The predicted molar refractivity (Wildman–Crippen MR) is 90.9 cm³/mol. The highest BCUT2D eigenvalue weighted by molar-refractivity contribution is 7.89. The van der Waals surface area contributed by atoms with Crippen LogP contribution < -0.4 is 0 Å². The third-order valence-electron chi connectivity index (χ3n) is 3.64. The first-order valence-corrected chi connectivity index (χ1v) is 9.30. The minimum atomic E-state index is -3.64. The Morgan fingerprint density at radius 3 is 2.84 bits per heavy atom. The van der Waals surface area contributed by atoms with Gasteiger partial charge in [0.05, 0.1) is 18.4 Å². The topological polar surface area (TPSA) is 94.1 Å². The molecule has 0 unspecified atom stereocenters. The zero-order valence-electron chi connectivity index (χ0n) is 14.0.